The first kappa shape index (κ1) is 14.9. The molecule has 0 spiro atoms. The second kappa shape index (κ2) is 5.82. The van der Waals surface area contributed by atoms with Crippen LogP contribution in [0.15, 0.2) is 0 Å². The Labute approximate surface area is 93.7 Å². The van der Waals surface area contributed by atoms with Gasteiger partial charge in [0.05, 0.1) is 5.25 Å². The van der Waals surface area contributed by atoms with Crippen LogP contribution in [0.25, 0.3) is 0 Å². The number of sulfonamides is 1. The highest BCUT2D eigenvalue weighted by molar-refractivity contribution is 7.90. The van der Waals surface area contributed by atoms with Gasteiger partial charge in [-0.05, 0) is 26.2 Å². The Morgan fingerprint density at radius 1 is 1.20 bits per heavy atom. The van der Waals surface area contributed by atoms with Gasteiger partial charge in [-0.15, -0.1) is 0 Å². The van der Waals surface area contributed by atoms with Crippen molar-refractivity contribution in [3.63, 3.8) is 0 Å². The molecule has 0 amide bonds. The van der Waals surface area contributed by atoms with E-state index >= 15 is 0 Å². The lowest BCUT2D eigenvalue weighted by atomic mass is 9.91. The third-order valence-electron chi connectivity index (χ3n) is 3.25. The third-order valence-corrected chi connectivity index (χ3v) is 5.22. The van der Waals surface area contributed by atoms with Gasteiger partial charge < -0.3 is 5.73 Å². The highest BCUT2D eigenvalue weighted by Gasteiger charge is 2.31. The van der Waals surface area contributed by atoms with Crippen LogP contribution in [-0.4, -0.2) is 25.8 Å². The number of nitrogens with two attached hydrogens (primary N) is 1. The van der Waals surface area contributed by atoms with Crippen LogP contribution in [0.2, 0.25) is 0 Å². The topological polar surface area (TPSA) is 72.2 Å². The number of hydrogen-bond acceptors (Lipinski definition) is 3. The van der Waals surface area contributed by atoms with Gasteiger partial charge in [0.1, 0.15) is 0 Å². The molecule has 3 N–H and O–H groups in total. The van der Waals surface area contributed by atoms with Gasteiger partial charge in [0.15, 0.2) is 0 Å². The summed E-state index contributed by atoms with van der Waals surface area (Å²) in [5, 5.41) is -0.526. The average Bonchev–Trinajstić information content (AvgIpc) is 2.24. The highest BCUT2D eigenvalue weighted by Crippen LogP contribution is 2.21. The maximum Gasteiger partial charge on any atom is 0.215 e. The van der Waals surface area contributed by atoms with E-state index < -0.39 is 15.3 Å². The molecule has 0 aliphatic heterocycles. The van der Waals surface area contributed by atoms with E-state index in [1.54, 1.807) is 6.92 Å². The zero-order valence-corrected chi connectivity index (χ0v) is 11.0. The molecule has 0 radical (unpaired) electrons. The van der Waals surface area contributed by atoms with Gasteiger partial charge >= 0.3 is 0 Å². The first-order valence-corrected chi connectivity index (χ1v) is 7.15. The van der Waals surface area contributed by atoms with Crippen molar-refractivity contribution >= 4 is 10.0 Å². The maximum atomic E-state index is 11.9. The minimum absolute atomic E-state index is 0.155. The molecule has 92 valence electrons. The van der Waals surface area contributed by atoms with Crippen molar-refractivity contribution in [2.24, 2.45) is 5.73 Å². The van der Waals surface area contributed by atoms with E-state index in [1.807, 2.05) is 20.8 Å². The highest BCUT2D eigenvalue weighted by atomic mass is 32.2. The Hall–Kier alpha value is -0.130. The predicted octanol–water partition coefficient (Wildman–Crippen LogP) is 1.22. The number of hydrogen-bond donors (Lipinski definition) is 2. The molecule has 0 saturated carbocycles. The fourth-order valence-electron chi connectivity index (χ4n) is 1.50. The Morgan fingerprint density at radius 3 is 1.87 bits per heavy atom. The molecular weight excluding hydrogens is 212 g/mol. The Balaban J connectivity index is 4.82. The summed E-state index contributed by atoms with van der Waals surface area (Å²) in [5.41, 5.74) is 5.08. The van der Waals surface area contributed by atoms with Crippen LogP contribution in [0, 0.1) is 0 Å². The van der Waals surface area contributed by atoms with Gasteiger partial charge in [0, 0.05) is 12.1 Å². The fourth-order valence-corrected chi connectivity index (χ4v) is 2.99. The molecule has 0 fully saturated rings. The van der Waals surface area contributed by atoms with E-state index in [2.05, 4.69) is 4.72 Å². The molecule has 1 unspecified atom stereocenters. The molecule has 0 aliphatic rings. The smallest absolute Gasteiger partial charge is 0.215 e. The molecule has 1 atom stereocenters. The minimum Gasteiger partial charge on any atom is -0.329 e. The standard InChI is InChI=1S/C10H24N2O2S/c1-5-10(6-2,7-3)12-15(13,14)9(4)8-11/h9,12H,5-8,11H2,1-4H3. The van der Waals surface area contributed by atoms with Gasteiger partial charge in [0.25, 0.3) is 0 Å². The Bertz CT molecular complexity index is 263. The van der Waals surface area contributed by atoms with Crippen molar-refractivity contribution in [3.8, 4) is 0 Å². The molecule has 15 heavy (non-hydrogen) atoms. The summed E-state index contributed by atoms with van der Waals surface area (Å²) < 4.78 is 26.5. The van der Waals surface area contributed by atoms with Gasteiger partial charge in [-0.2, -0.15) is 0 Å². The number of rotatable bonds is 7. The van der Waals surface area contributed by atoms with E-state index in [-0.39, 0.29) is 12.1 Å². The quantitative estimate of drug-likeness (QED) is 0.698. The maximum absolute atomic E-state index is 11.9. The first-order chi connectivity index (χ1) is 6.87. The van der Waals surface area contributed by atoms with Crippen molar-refractivity contribution in [2.45, 2.75) is 57.7 Å². The van der Waals surface area contributed by atoms with Gasteiger partial charge in [-0.3, -0.25) is 0 Å². The predicted molar refractivity (Wildman–Crippen MR) is 64.2 cm³/mol. The van der Waals surface area contributed by atoms with Gasteiger partial charge in [0.2, 0.25) is 10.0 Å². The van der Waals surface area contributed by atoms with Crippen molar-refractivity contribution in [1.82, 2.24) is 4.72 Å². The molecule has 5 heteroatoms. The molecule has 0 rings (SSSR count). The molecule has 0 aromatic carbocycles. The molecule has 0 heterocycles. The monoisotopic (exact) mass is 236 g/mol. The van der Waals surface area contributed by atoms with Crippen molar-refractivity contribution < 1.29 is 8.42 Å². The van der Waals surface area contributed by atoms with Crippen LogP contribution in [0.1, 0.15) is 47.0 Å². The summed E-state index contributed by atoms with van der Waals surface area (Å²) in [6, 6.07) is 0. The van der Waals surface area contributed by atoms with Crippen molar-refractivity contribution in [1.29, 1.82) is 0 Å². The molecule has 0 aliphatic carbocycles. The SMILES string of the molecule is CCC(CC)(CC)NS(=O)(=O)C(C)CN. The zero-order valence-electron chi connectivity index (χ0n) is 10.2. The molecule has 0 saturated heterocycles. The lowest BCUT2D eigenvalue weighted by Crippen LogP contribution is -2.51. The van der Waals surface area contributed by atoms with Crippen LogP contribution in [-0.2, 0) is 10.0 Å². The van der Waals surface area contributed by atoms with E-state index in [4.69, 9.17) is 5.73 Å². The molecule has 0 aromatic heterocycles. The first-order valence-electron chi connectivity index (χ1n) is 5.60. The van der Waals surface area contributed by atoms with Crippen LogP contribution >= 0.6 is 0 Å². The van der Waals surface area contributed by atoms with E-state index in [1.165, 1.54) is 0 Å². The van der Waals surface area contributed by atoms with Gasteiger partial charge in [-0.1, -0.05) is 20.8 Å². The fraction of sp³-hybridized carbons (Fsp3) is 1.00. The minimum atomic E-state index is -3.28. The summed E-state index contributed by atoms with van der Waals surface area (Å²) in [6.45, 7) is 7.80. The molecular formula is C10H24N2O2S. The van der Waals surface area contributed by atoms with E-state index in [0.717, 1.165) is 19.3 Å². The van der Waals surface area contributed by atoms with Crippen LogP contribution in [0.3, 0.4) is 0 Å². The Morgan fingerprint density at radius 2 is 1.60 bits per heavy atom. The Kier molecular flexibility index (Phi) is 5.77. The second-order valence-electron chi connectivity index (χ2n) is 4.03. The zero-order chi connectivity index (χ0) is 12.1. The van der Waals surface area contributed by atoms with E-state index in [9.17, 15) is 8.42 Å². The molecule has 0 aromatic rings. The lowest BCUT2D eigenvalue weighted by Gasteiger charge is -2.32. The van der Waals surface area contributed by atoms with Crippen molar-refractivity contribution in [3.05, 3.63) is 0 Å². The summed E-state index contributed by atoms with van der Waals surface area (Å²) >= 11 is 0. The van der Waals surface area contributed by atoms with Crippen LogP contribution in [0.4, 0.5) is 0 Å². The molecule has 0 bridgehead atoms. The largest absolute Gasteiger partial charge is 0.329 e. The summed E-state index contributed by atoms with van der Waals surface area (Å²) in [4.78, 5) is 0. The molecule has 4 nitrogen and oxygen atoms in total. The van der Waals surface area contributed by atoms with Crippen LogP contribution < -0.4 is 10.5 Å². The van der Waals surface area contributed by atoms with Gasteiger partial charge in [-0.25, -0.2) is 13.1 Å². The third kappa shape index (κ3) is 3.74. The second-order valence-corrected chi connectivity index (χ2v) is 6.13. The van der Waals surface area contributed by atoms with Crippen molar-refractivity contribution in [2.75, 3.05) is 6.54 Å². The average molecular weight is 236 g/mol. The lowest BCUT2D eigenvalue weighted by molar-refractivity contribution is 0.340. The summed E-state index contributed by atoms with van der Waals surface area (Å²) in [5.74, 6) is 0. The van der Waals surface area contributed by atoms with E-state index in [0.29, 0.717) is 0 Å². The number of nitrogens with one attached hydrogen (secondary N) is 1. The summed E-state index contributed by atoms with van der Waals surface area (Å²) in [6.07, 6.45) is 2.41. The normalized spacial score (nSPS) is 15.3. The summed E-state index contributed by atoms with van der Waals surface area (Å²) in [7, 11) is -3.28. The van der Waals surface area contributed by atoms with Crippen LogP contribution in [0.5, 0.6) is 0 Å².